The first-order chi connectivity index (χ1) is 9.95. The quantitative estimate of drug-likeness (QED) is 0.804. The van der Waals surface area contributed by atoms with Crippen LogP contribution in [0.25, 0.3) is 0 Å². The van der Waals surface area contributed by atoms with Gasteiger partial charge in [0, 0.05) is 19.0 Å². The molecule has 1 aromatic carbocycles. The third-order valence-corrected chi connectivity index (χ3v) is 3.62. The number of methoxy groups -OCH3 is 1. The Morgan fingerprint density at radius 2 is 2.00 bits per heavy atom. The molecule has 1 saturated heterocycles. The van der Waals surface area contributed by atoms with Crippen LogP contribution < -0.4 is 9.47 Å². The molecule has 1 heterocycles. The van der Waals surface area contributed by atoms with Crippen molar-refractivity contribution in [3.05, 3.63) is 24.3 Å². The standard InChI is InChI=1S/C16H23NO4/c1-12(21-14-8-6-5-7-13(14)19-4)15(18)17(3)9-16(2)10-20-11-16/h5-8,12H,9-11H2,1-4H3/t12-/m0/s1. The molecule has 5 heteroatoms. The van der Waals surface area contributed by atoms with Crippen molar-refractivity contribution in [2.24, 2.45) is 5.41 Å². The Labute approximate surface area is 125 Å². The van der Waals surface area contributed by atoms with Crippen molar-refractivity contribution in [1.29, 1.82) is 0 Å². The van der Waals surface area contributed by atoms with Gasteiger partial charge in [-0.25, -0.2) is 0 Å². The van der Waals surface area contributed by atoms with E-state index in [1.807, 2.05) is 18.2 Å². The van der Waals surface area contributed by atoms with Crippen molar-refractivity contribution in [2.45, 2.75) is 20.0 Å². The van der Waals surface area contributed by atoms with Crippen LogP contribution in [0, 0.1) is 5.41 Å². The Hall–Kier alpha value is -1.75. The predicted molar refractivity (Wildman–Crippen MR) is 79.6 cm³/mol. The molecule has 0 aliphatic carbocycles. The van der Waals surface area contributed by atoms with E-state index in [1.165, 1.54) is 0 Å². The van der Waals surface area contributed by atoms with Gasteiger partial charge < -0.3 is 19.1 Å². The van der Waals surface area contributed by atoms with E-state index in [1.54, 1.807) is 32.0 Å². The number of hydrogen-bond acceptors (Lipinski definition) is 4. The van der Waals surface area contributed by atoms with Crippen LogP contribution in [0.2, 0.25) is 0 Å². The minimum atomic E-state index is -0.559. The number of hydrogen-bond donors (Lipinski definition) is 0. The maximum atomic E-state index is 12.4. The number of rotatable bonds is 6. The lowest BCUT2D eigenvalue weighted by Crippen LogP contribution is -2.51. The van der Waals surface area contributed by atoms with E-state index in [0.717, 1.165) is 0 Å². The third-order valence-electron chi connectivity index (χ3n) is 3.62. The monoisotopic (exact) mass is 293 g/mol. The van der Waals surface area contributed by atoms with Crippen LogP contribution in [0.4, 0.5) is 0 Å². The average molecular weight is 293 g/mol. The molecule has 0 bridgehead atoms. The summed E-state index contributed by atoms with van der Waals surface area (Å²) in [6.45, 7) is 5.95. The first kappa shape index (κ1) is 15.6. The second-order valence-electron chi connectivity index (χ2n) is 5.91. The van der Waals surface area contributed by atoms with Gasteiger partial charge in [-0.05, 0) is 19.1 Å². The summed E-state index contributed by atoms with van der Waals surface area (Å²) in [5.41, 5.74) is 0.0641. The number of ether oxygens (including phenoxy) is 3. The van der Waals surface area contributed by atoms with Gasteiger partial charge in [0.05, 0.1) is 20.3 Å². The summed E-state index contributed by atoms with van der Waals surface area (Å²) in [6, 6.07) is 7.32. The van der Waals surface area contributed by atoms with Gasteiger partial charge >= 0.3 is 0 Å². The zero-order valence-electron chi connectivity index (χ0n) is 13.1. The van der Waals surface area contributed by atoms with E-state index in [4.69, 9.17) is 14.2 Å². The van der Waals surface area contributed by atoms with E-state index in [2.05, 4.69) is 6.92 Å². The number of nitrogens with zero attached hydrogens (tertiary/aromatic N) is 1. The molecule has 2 rings (SSSR count). The first-order valence-corrected chi connectivity index (χ1v) is 7.07. The topological polar surface area (TPSA) is 48.0 Å². The van der Waals surface area contributed by atoms with Crippen LogP contribution >= 0.6 is 0 Å². The summed E-state index contributed by atoms with van der Waals surface area (Å²) in [4.78, 5) is 14.1. The van der Waals surface area contributed by atoms with E-state index < -0.39 is 6.10 Å². The van der Waals surface area contributed by atoms with Crippen LogP contribution in [0.3, 0.4) is 0 Å². The predicted octanol–water partition coefficient (Wildman–Crippen LogP) is 1.96. The summed E-state index contributed by atoms with van der Waals surface area (Å²) in [6.07, 6.45) is -0.559. The summed E-state index contributed by atoms with van der Waals surface area (Å²) in [7, 11) is 3.38. The maximum Gasteiger partial charge on any atom is 0.263 e. The molecule has 0 saturated carbocycles. The molecule has 1 atom stereocenters. The average Bonchev–Trinajstić information content (AvgIpc) is 2.45. The maximum absolute atomic E-state index is 12.4. The van der Waals surface area contributed by atoms with Crippen molar-refractivity contribution in [3.8, 4) is 11.5 Å². The van der Waals surface area contributed by atoms with Gasteiger partial charge in [-0.1, -0.05) is 19.1 Å². The van der Waals surface area contributed by atoms with E-state index in [-0.39, 0.29) is 11.3 Å². The van der Waals surface area contributed by atoms with Crippen LogP contribution in [-0.2, 0) is 9.53 Å². The fourth-order valence-corrected chi connectivity index (χ4v) is 2.46. The van der Waals surface area contributed by atoms with Crippen molar-refractivity contribution in [3.63, 3.8) is 0 Å². The fourth-order valence-electron chi connectivity index (χ4n) is 2.46. The molecule has 116 valence electrons. The lowest BCUT2D eigenvalue weighted by atomic mass is 9.88. The summed E-state index contributed by atoms with van der Waals surface area (Å²) in [5, 5.41) is 0. The van der Waals surface area contributed by atoms with E-state index >= 15 is 0 Å². The molecule has 1 fully saturated rings. The van der Waals surface area contributed by atoms with Gasteiger partial charge in [0.25, 0.3) is 5.91 Å². The van der Waals surface area contributed by atoms with Crippen LogP contribution in [0.5, 0.6) is 11.5 Å². The molecule has 5 nitrogen and oxygen atoms in total. The number of carbonyl (C=O) groups excluding carboxylic acids is 1. The normalized spacial score (nSPS) is 17.5. The van der Waals surface area contributed by atoms with Crippen molar-refractivity contribution in [2.75, 3.05) is 33.9 Å². The van der Waals surface area contributed by atoms with E-state index in [9.17, 15) is 4.79 Å². The third kappa shape index (κ3) is 3.67. The highest BCUT2D eigenvalue weighted by molar-refractivity contribution is 5.80. The highest BCUT2D eigenvalue weighted by Gasteiger charge is 2.36. The molecule has 0 spiro atoms. The number of amides is 1. The number of para-hydroxylation sites is 2. The number of likely N-dealkylation sites (N-methyl/N-ethyl adjacent to an activating group) is 1. The Morgan fingerprint density at radius 3 is 2.52 bits per heavy atom. The molecule has 1 aliphatic heterocycles. The van der Waals surface area contributed by atoms with Crippen molar-refractivity contribution < 1.29 is 19.0 Å². The Kier molecular flexibility index (Phi) is 4.73. The van der Waals surface area contributed by atoms with Crippen LogP contribution in [-0.4, -0.2) is 50.8 Å². The van der Waals surface area contributed by atoms with E-state index in [0.29, 0.717) is 31.3 Å². The minimum Gasteiger partial charge on any atom is -0.493 e. The summed E-state index contributed by atoms with van der Waals surface area (Å²) >= 11 is 0. The number of benzene rings is 1. The smallest absolute Gasteiger partial charge is 0.263 e. The zero-order chi connectivity index (χ0) is 15.5. The molecule has 1 amide bonds. The van der Waals surface area contributed by atoms with Crippen LogP contribution in [0.1, 0.15) is 13.8 Å². The molecular weight excluding hydrogens is 270 g/mol. The molecular formula is C16H23NO4. The highest BCUT2D eigenvalue weighted by atomic mass is 16.5. The first-order valence-electron chi connectivity index (χ1n) is 7.07. The SMILES string of the molecule is COc1ccccc1O[C@@H](C)C(=O)N(C)CC1(C)COC1. The molecule has 0 N–H and O–H groups in total. The Morgan fingerprint density at radius 1 is 1.38 bits per heavy atom. The van der Waals surface area contributed by atoms with Gasteiger partial charge in [0.2, 0.25) is 0 Å². The second kappa shape index (κ2) is 6.35. The Bertz CT molecular complexity index is 499. The number of carbonyl (C=O) groups is 1. The molecule has 1 aromatic rings. The molecule has 0 aromatic heterocycles. The van der Waals surface area contributed by atoms with Gasteiger partial charge in [0.1, 0.15) is 0 Å². The molecule has 0 unspecified atom stereocenters. The van der Waals surface area contributed by atoms with Crippen LogP contribution in [0.15, 0.2) is 24.3 Å². The second-order valence-corrected chi connectivity index (χ2v) is 5.91. The molecule has 21 heavy (non-hydrogen) atoms. The summed E-state index contributed by atoms with van der Waals surface area (Å²) < 4.78 is 16.2. The van der Waals surface area contributed by atoms with Gasteiger partial charge in [-0.15, -0.1) is 0 Å². The minimum absolute atomic E-state index is 0.0472. The molecule has 0 radical (unpaired) electrons. The molecule has 1 aliphatic rings. The zero-order valence-corrected chi connectivity index (χ0v) is 13.1. The van der Waals surface area contributed by atoms with Gasteiger partial charge in [-0.2, -0.15) is 0 Å². The Balaban J connectivity index is 1.95. The largest absolute Gasteiger partial charge is 0.493 e. The highest BCUT2D eigenvalue weighted by Crippen LogP contribution is 2.29. The summed E-state index contributed by atoms with van der Waals surface area (Å²) in [5.74, 6) is 1.15. The fraction of sp³-hybridized carbons (Fsp3) is 0.562. The van der Waals surface area contributed by atoms with Gasteiger partial charge in [-0.3, -0.25) is 4.79 Å². The van der Waals surface area contributed by atoms with Gasteiger partial charge in [0.15, 0.2) is 17.6 Å². The lowest BCUT2D eigenvalue weighted by molar-refractivity contribution is -0.147. The van der Waals surface area contributed by atoms with Crippen molar-refractivity contribution in [1.82, 2.24) is 4.90 Å². The lowest BCUT2D eigenvalue weighted by Gasteiger charge is -2.41. The van der Waals surface area contributed by atoms with Crippen molar-refractivity contribution >= 4 is 5.91 Å².